The first kappa shape index (κ1) is 23.5. The van der Waals surface area contributed by atoms with Crippen LogP contribution in [0.1, 0.15) is 10.4 Å². The van der Waals surface area contributed by atoms with E-state index in [1.54, 1.807) is 18.2 Å². The van der Waals surface area contributed by atoms with Gasteiger partial charge < -0.3 is 18.9 Å². The second kappa shape index (κ2) is 10.3. The van der Waals surface area contributed by atoms with Gasteiger partial charge in [-0.15, -0.1) is 0 Å². The van der Waals surface area contributed by atoms with Crippen LogP contribution in [0.25, 0.3) is 10.8 Å². The van der Waals surface area contributed by atoms with E-state index < -0.39 is 47.4 Å². The van der Waals surface area contributed by atoms with E-state index in [-0.39, 0.29) is 5.56 Å². The summed E-state index contributed by atoms with van der Waals surface area (Å²) in [5.41, 5.74) is 0.0688. The van der Waals surface area contributed by atoms with Gasteiger partial charge in [0, 0.05) is 5.56 Å². The zero-order valence-electron chi connectivity index (χ0n) is 17.4. The van der Waals surface area contributed by atoms with Crippen molar-refractivity contribution >= 4 is 40.4 Å². The second-order valence-electron chi connectivity index (χ2n) is 6.50. The van der Waals surface area contributed by atoms with E-state index in [1.165, 1.54) is 12.1 Å². The van der Waals surface area contributed by atoms with Crippen molar-refractivity contribution in [2.45, 2.75) is 0 Å². The van der Waals surface area contributed by atoms with Crippen LogP contribution in [0.4, 0.5) is 0 Å². The van der Waals surface area contributed by atoms with Gasteiger partial charge in [0.25, 0.3) is 0 Å². The molecule has 0 N–H and O–H groups in total. The van der Waals surface area contributed by atoms with Crippen LogP contribution in [0.15, 0.2) is 42.5 Å². The Morgan fingerprint density at radius 3 is 1.45 bits per heavy atom. The van der Waals surface area contributed by atoms with E-state index in [2.05, 4.69) is 18.9 Å². The fraction of sp³-hybridized carbons (Fsp3) is 0.318. The fourth-order valence-electron chi connectivity index (χ4n) is 3.32. The van der Waals surface area contributed by atoms with Crippen LogP contribution in [-0.2, 0) is 38.1 Å². The highest BCUT2D eigenvalue weighted by Gasteiger charge is 2.52. The Kier molecular flexibility index (Phi) is 7.84. The summed E-state index contributed by atoms with van der Waals surface area (Å²) in [5, 5.41) is 1.54. The molecule has 9 nitrogen and oxygen atoms in total. The molecule has 0 saturated carbocycles. The molecule has 2 aromatic rings. The molecule has 9 heteroatoms. The van der Waals surface area contributed by atoms with Crippen molar-refractivity contribution in [2.24, 2.45) is 17.8 Å². The number of Topliss-reactive ketones (excluding diaryl/α,β-unsaturated/α-hetero) is 1. The highest BCUT2D eigenvalue weighted by molar-refractivity contribution is 6.12. The van der Waals surface area contributed by atoms with Gasteiger partial charge in [0.15, 0.2) is 17.6 Å². The minimum Gasteiger partial charge on any atom is -0.468 e. The first-order valence-electron chi connectivity index (χ1n) is 9.15. The van der Waals surface area contributed by atoms with Gasteiger partial charge in [0.05, 0.1) is 34.4 Å². The average Bonchev–Trinajstić information content (AvgIpc) is 2.81. The molecule has 0 spiro atoms. The summed E-state index contributed by atoms with van der Waals surface area (Å²) in [6.07, 6.45) is 0. The van der Waals surface area contributed by atoms with E-state index in [9.17, 15) is 24.0 Å². The normalized spacial score (nSPS) is 10.8. The van der Waals surface area contributed by atoms with Gasteiger partial charge in [-0.05, 0) is 16.8 Å². The molecule has 2 aromatic carbocycles. The molecular weight excluding hydrogens is 408 g/mol. The Morgan fingerprint density at radius 2 is 1.03 bits per heavy atom. The van der Waals surface area contributed by atoms with Crippen LogP contribution >= 0.6 is 0 Å². The standard InChI is InChI=1S/C22H22O9/c1-28-19(24)16(20(25)29-2)15(17(21(26)30-3)22(27)31-4)18(23)14-10-9-12-7-5-6-8-13(12)11-14/h5-11,15-17H,1-4H3. The first-order valence-corrected chi connectivity index (χ1v) is 9.15. The van der Waals surface area contributed by atoms with Crippen LogP contribution in [0, 0.1) is 17.8 Å². The number of carbonyl (C=O) groups is 5. The van der Waals surface area contributed by atoms with Gasteiger partial charge in [-0.25, -0.2) is 0 Å². The third-order valence-corrected chi connectivity index (χ3v) is 4.88. The lowest BCUT2D eigenvalue weighted by molar-refractivity contribution is -0.167. The zero-order valence-corrected chi connectivity index (χ0v) is 17.4. The molecule has 0 atom stereocenters. The number of rotatable bonds is 8. The largest absolute Gasteiger partial charge is 0.468 e. The van der Waals surface area contributed by atoms with Gasteiger partial charge in [-0.1, -0.05) is 36.4 Å². The lowest BCUT2D eigenvalue weighted by Gasteiger charge is -2.27. The highest BCUT2D eigenvalue weighted by Crippen LogP contribution is 2.31. The Morgan fingerprint density at radius 1 is 0.613 bits per heavy atom. The van der Waals surface area contributed by atoms with Gasteiger partial charge in [0.1, 0.15) is 0 Å². The van der Waals surface area contributed by atoms with Crippen molar-refractivity contribution < 1.29 is 42.9 Å². The Hall–Kier alpha value is -3.75. The number of hydrogen-bond donors (Lipinski definition) is 0. The highest BCUT2D eigenvalue weighted by atomic mass is 16.6. The summed E-state index contributed by atoms with van der Waals surface area (Å²) in [5.74, 6) is -11.1. The maximum absolute atomic E-state index is 13.5. The van der Waals surface area contributed by atoms with Crippen molar-refractivity contribution in [1.29, 1.82) is 0 Å². The second-order valence-corrected chi connectivity index (χ2v) is 6.50. The predicted octanol–water partition coefficient (Wildman–Crippen LogP) is 1.56. The monoisotopic (exact) mass is 430 g/mol. The number of fused-ring (bicyclic) bond motifs is 1. The van der Waals surface area contributed by atoms with Gasteiger partial charge in [0.2, 0.25) is 0 Å². The van der Waals surface area contributed by atoms with Crippen molar-refractivity contribution in [3.05, 3.63) is 48.0 Å². The number of ketones is 1. The number of hydrogen-bond acceptors (Lipinski definition) is 9. The molecule has 0 aromatic heterocycles. The minimum atomic E-state index is -1.91. The van der Waals surface area contributed by atoms with Crippen LogP contribution in [0.3, 0.4) is 0 Å². The summed E-state index contributed by atoms with van der Waals surface area (Å²) in [6.45, 7) is 0. The van der Waals surface area contributed by atoms with Crippen molar-refractivity contribution in [3.63, 3.8) is 0 Å². The SMILES string of the molecule is COC(=O)C(C(=O)OC)C(C(=O)c1ccc2ccccc2c1)C(C(=O)OC)C(=O)OC. The molecule has 0 aliphatic heterocycles. The molecule has 0 fully saturated rings. The molecule has 164 valence electrons. The van der Waals surface area contributed by atoms with Crippen molar-refractivity contribution in [3.8, 4) is 0 Å². The molecule has 0 aliphatic rings. The topological polar surface area (TPSA) is 122 Å². The zero-order chi connectivity index (χ0) is 23.1. The Bertz CT molecular complexity index is 943. The predicted molar refractivity (Wildman–Crippen MR) is 107 cm³/mol. The average molecular weight is 430 g/mol. The summed E-state index contributed by atoms with van der Waals surface area (Å²) < 4.78 is 18.6. The summed E-state index contributed by atoms with van der Waals surface area (Å²) in [6, 6.07) is 11.8. The minimum absolute atomic E-state index is 0.0688. The molecule has 0 unspecified atom stereocenters. The third-order valence-electron chi connectivity index (χ3n) is 4.88. The number of methoxy groups -OCH3 is 4. The quantitative estimate of drug-likeness (QED) is 0.266. The van der Waals surface area contributed by atoms with Crippen molar-refractivity contribution in [1.82, 2.24) is 0 Å². The number of carbonyl (C=O) groups excluding carboxylic acids is 5. The molecule has 0 bridgehead atoms. The smallest absolute Gasteiger partial charge is 0.320 e. The maximum Gasteiger partial charge on any atom is 0.320 e. The summed E-state index contributed by atoms with van der Waals surface area (Å²) >= 11 is 0. The molecule has 31 heavy (non-hydrogen) atoms. The third kappa shape index (κ3) is 4.88. The van der Waals surface area contributed by atoms with Crippen molar-refractivity contribution in [2.75, 3.05) is 28.4 Å². The lowest BCUT2D eigenvalue weighted by Crippen LogP contribution is -2.47. The fourth-order valence-corrected chi connectivity index (χ4v) is 3.32. The molecule has 0 amide bonds. The number of ether oxygens (including phenoxy) is 4. The lowest BCUT2D eigenvalue weighted by atomic mass is 9.76. The van der Waals surface area contributed by atoms with Crippen LogP contribution in [0.2, 0.25) is 0 Å². The molecular formula is C22H22O9. The van der Waals surface area contributed by atoms with Gasteiger partial charge in [-0.2, -0.15) is 0 Å². The van der Waals surface area contributed by atoms with Crippen LogP contribution < -0.4 is 0 Å². The summed E-state index contributed by atoms with van der Waals surface area (Å²) in [7, 11) is 4.00. The summed E-state index contributed by atoms with van der Waals surface area (Å²) in [4.78, 5) is 63.3. The van der Waals surface area contributed by atoms with E-state index in [0.29, 0.717) is 5.39 Å². The van der Waals surface area contributed by atoms with E-state index in [4.69, 9.17) is 0 Å². The molecule has 0 heterocycles. The van der Waals surface area contributed by atoms with Crippen LogP contribution in [-0.4, -0.2) is 58.1 Å². The number of esters is 4. The Labute approximate surface area is 178 Å². The molecule has 0 saturated heterocycles. The Balaban J connectivity index is 2.71. The van der Waals surface area contributed by atoms with E-state index >= 15 is 0 Å². The van der Waals surface area contributed by atoms with Gasteiger partial charge in [-0.3, -0.25) is 24.0 Å². The number of benzene rings is 2. The molecule has 2 rings (SSSR count). The van der Waals surface area contributed by atoms with Gasteiger partial charge >= 0.3 is 23.9 Å². The molecule has 0 aliphatic carbocycles. The van der Waals surface area contributed by atoms with E-state index in [1.807, 2.05) is 12.1 Å². The van der Waals surface area contributed by atoms with Crippen LogP contribution in [0.5, 0.6) is 0 Å². The molecule has 0 radical (unpaired) electrons. The van der Waals surface area contributed by atoms with E-state index in [0.717, 1.165) is 33.8 Å². The maximum atomic E-state index is 13.5. The first-order chi connectivity index (χ1) is 14.8.